The molecule has 4 rings (SSSR count). The number of imidazole rings is 1. The molecule has 0 fully saturated rings. The summed E-state index contributed by atoms with van der Waals surface area (Å²) in [6, 6.07) is 18.7. The van der Waals surface area contributed by atoms with E-state index in [-0.39, 0.29) is 25.9 Å². The van der Waals surface area contributed by atoms with Gasteiger partial charge in [0, 0.05) is 0 Å². The predicted octanol–water partition coefficient (Wildman–Crippen LogP) is 1.99. The van der Waals surface area contributed by atoms with Crippen LogP contribution in [0, 0.1) is 0 Å². The number of rotatable bonds is 8. The van der Waals surface area contributed by atoms with E-state index in [1.807, 2.05) is 33.7 Å². The molecule has 0 saturated heterocycles. The second-order valence-electron chi connectivity index (χ2n) is 6.80. The van der Waals surface area contributed by atoms with Gasteiger partial charge in [0.1, 0.15) is 0 Å². The highest BCUT2D eigenvalue weighted by Gasteiger charge is 2.24. The second kappa shape index (κ2) is 8.89. The highest BCUT2D eigenvalue weighted by Crippen LogP contribution is 2.24. The number of hydrogen-bond acceptors (Lipinski definition) is 6. The number of benzene rings is 2. The maximum Gasteiger partial charge on any atom is 0.313 e. The molecule has 0 radical (unpaired) electrons. The molecule has 3 N–H and O–H groups in total. The van der Waals surface area contributed by atoms with Crippen LogP contribution in [0.5, 0.6) is 5.88 Å². The molecule has 0 bridgehead atoms. The number of fused-ring (bicyclic) bond motifs is 1. The number of anilines is 1. The minimum atomic E-state index is -0.0482. The molecule has 8 nitrogen and oxygen atoms in total. The second-order valence-corrected chi connectivity index (χ2v) is 6.80. The summed E-state index contributed by atoms with van der Waals surface area (Å²) in [6.07, 6.45) is 1.89. The highest BCUT2D eigenvalue weighted by atomic mass is 16.5. The van der Waals surface area contributed by atoms with Gasteiger partial charge >= 0.3 is 11.6 Å². The van der Waals surface area contributed by atoms with Crippen LogP contribution < -0.4 is 15.0 Å². The molecule has 4 aromatic rings. The van der Waals surface area contributed by atoms with Crippen LogP contribution in [0.25, 0.3) is 22.3 Å². The van der Waals surface area contributed by atoms with Crippen molar-refractivity contribution in [2.45, 2.75) is 13.3 Å². The molecule has 154 valence electrons. The first-order valence-corrected chi connectivity index (χ1v) is 9.62. The van der Waals surface area contributed by atoms with E-state index in [2.05, 4.69) is 46.4 Å². The molecule has 30 heavy (non-hydrogen) atoms. The monoisotopic (exact) mass is 406 g/mol. The number of ether oxygens (including phenoxy) is 2. The lowest BCUT2D eigenvalue weighted by atomic mass is 10.0. The van der Waals surface area contributed by atoms with Crippen molar-refractivity contribution in [3.8, 4) is 17.0 Å². The molecule has 0 aliphatic heterocycles. The molecule has 0 spiro atoms. The normalized spacial score (nSPS) is 11.1. The van der Waals surface area contributed by atoms with Crippen LogP contribution in [0.4, 0.5) is 5.95 Å². The standard InChI is InChI=1S/C22H24N5O3/c1-29-21-19-20(24-22(23)25-21)27(15-30-12-11-28)14-26(19)13-16-7-9-18(10-8-16)17-5-3-2-4-6-17/h2-10,14,28H,11-13,15H2,1H3,(H2,23,24,25)/q+1. The van der Waals surface area contributed by atoms with Crippen molar-refractivity contribution in [1.82, 2.24) is 14.5 Å². The smallest absolute Gasteiger partial charge is 0.313 e. The maximum absolute atomic E-state index is 8.98. The zero-order valence-electron chi connectivity index (χ0n) is 16.7. The summed E-state index contributed by atoms with van der Waals surface area (Å²) in [5.41, 5.74) is 10.7. The average Bonchev–Trinajstić information content (AvgIpc) is 3.11. The Morgan fingerprint density at radius 2 is 1.77 bits per heavy atom. The molecule has 0 aliphatic rings. The number of hydrogen-bond donors (Lipinski definition) is 2. The molecular formula is C22H24N5O3+. The Labute approximate surface area is 174 Å². The van der Waals surface area contributed by atoms with Gasteiger partial charge in [0.15, 0.2) is 13.1 Å². The number of methoxy groups -OCH3 is 1. The Bertz CT molecular complexity index is 1130. The molecule has 0 saturated carbocycles. The molecule has 2 aromatic heterocycles. The van der Waals surface area contributed by atoms with Crippen LogP contribution in [0.1, 0.15) is 5.56 Å². The quantitative estimate of drug-likeness (QED) is 0.343. The lowest BCUT2D eigenvalue weighted by Gasteiger charge is -2.05. The Morgan fingerprint density at radius 3 is 2.47 bits per heavy atom. The zero-order chi connectivity index (χ0) is 20.9. The fourth-order valence-corrected chi connectivity index (χ4v) is 3.39. The summed E-state index contributed by atoms with van der Waals surface area (Å²) in [5.74, 6) is 0.527. The van der Waals surface area contributed by atoms with E-state index < -0.39 is 0 Å². The summed E-state index contributed by atoms with van der Waals surface area (Å²) in [5, 5.41) is 8.98. The van der Waals surface area contributed by atoms with Crippen molar-refractivity contribution in [3.63, 3.8) is 0 Å². The number of nitrogen functional groups attached to an aromatic ring is 1. The zero-order valence-corrected chi connectivity index (χ0v) is 16.7. The Balaban J connectivity index is 1.68. The number of aromatic nitrogens is 4. The fraction of sp³-hybridized carbons (Fsp3) is 0.227. The van der Waals surface area contributed by atoms with E-state index in [0.717, 1.165) is 16.6 Å². The van der Waals surface area contributed by atoms with Crippen molar-refractivity contribution >= 4 is 17.1 Å². The van der Waals surface area contributed by atoms with Gasteiger partial charge in [-0.3, -0.25) is 4.57 Å². The summed E-state index contributed by atoms with van der Waals surface area (Å²) in [4.78, 5) is 8.58. The van der Waals surface area contributed by atoms with Gasteiger partial charge in [-0.1, -0.05) is 59.6 Å². The number of aliphatic hydroxyl groups excluding tert-OH is 1. The van der Waals surface area contributed by atoms with E-state index >= 15 is 0 Å². The average molecular weight is 406 g/mol. The van der Waals surface area contributed by atoms with Crippen molar-refractivity contribution in [2.24, 2.45) is 0 Å². The molecule has 8 heteroatoms. The first-order valence-electron chi connectivity index (χ1n) is 9.62. The van der Waals surface area contributed by atoms with Gasteiger partial charge in [0.05, 0.1) is 26.9 Å². The third-order valence-electron chi connectivity index (χ3n) is 4.76. The first-order chi connectivity index (χ1) is 14.7. The van der Waals surface area contributed by atoms with E-state index in [9.17, 15) is 0 Å². The fourth-order valence-electron chi connectivity index (χ4n) is 3.39. The first kappa shape index (κ1) is 19.8. The van der Waals surface area contributed by atoms with E-state index in [4.69, 9.17) is 20.3 Å². The number of nitrogens with two attached hydrogens (primary N) is 1. The van der Waals surface area contributed by atoms with Gasteiger partial charge in [-0.2, -0.15) is 4.98 Å². The van der Waals surface area contributed by atoms with Crippen molar-refractivity contribution in [3.05, 3.63) is 66.5 Å². The minimum absolute atomic E-state index is 0.0482. The summed E-state index contributed by atoms with van der Waals surface area (Å²) < 4.78 is 14.8. The number of aliphatic hydroxyl groups is 1. The van der Waals surface area contributed by atoms with Crippen molar-refractivity contribution in [2.75, 3.05) is 26.1 Å². The van der Waals surface area contributed by atoms with Gasteiger partial charge in [0.25, 0.3) is 5.88 Å². The molecule has 0 aliphatic carbocycles. The Kier molecular flexibility index (Phi) is 5.87. The van der Waals surface area contributed by atoms with Crippen molar-refractivity contribution in [1.29, 1.82) is 0 Å². The minimum Gasteiger partial charge on any atom is -0.478 e. The molecule has 0 atom stereocenters. The lowest BCUT2D eigenvalue weighted by molar-refractivity contribution is -0.711. The van der Waals surface area contributed by atoms with E-state index in [1.165, 1.54) is 5.56 Å². The van der Waals surface area contributed by atoms with Gasteiger partial charge in [0.2, 0.25) is 5.52 Å². The lowest BCUT2D eigenvalue weighted by Crippen LogP contribution is -2.35. The topological polar surface area (TPSA) is 99.3 Å². The third kappa shape index (κ3) is 4.10. The van der Waals surface area contributed by atoms with Crippen LogP contribution in [-0.2, 0) is 18.0 Å². The van der Waals surface area contributed by atoms with Crippen LogP contribution in [0.15, 0.2) is 60.9 Å². The van der Waals surface area contributed by atoms with Gasteiger partial charge in [-0.15, -0.1) is 0 Å². The van der Waals surface area contributed by atoms with Crippen LogP contribution in [0.2, 0.25) is 0 Å². The highest BCUT2D eigenvalue weighted by molar-refractivity contribution is 5.75. The van der Waals surface area contributed by atoms with Crippen LogP contribution >= 0.6 is 0 Å². The van der Waals surface area contributed by atoms with E-state index in [1.54, 1.807) is 7.11 Å². The Morgan fingerprint density at radius 1 is 1.03 bits per heavy atom. The SMILES string of the molecule is COc1nc(N)nc2c1n(Cc1ccc(-c3ccccc3)cc1)c[n+]2COCCO. The largest absolute Gasteiger partial charge is 0.478 e. The Hall–Kier alpha value is -3.49. The summed E-state index contributed by atoms with van der Waals surface area (Å²) in [6.45, 7) is 1.02. The van der Waals surface area contributed by atoms with Gasteiger partial charge in [-0.25, -0.2) is 4.57 Å². The molecule has 0 amide bonds. The summed E-state index contributed by atoms with van der Waals surface area (Å²) in [7, 11) is 1.56. The van der Waals surface area contributed by atoms with Gasteiger partial charge in [-0.05, 0) is 16.7 Å². The summed E-state index contributed by atoms with van der Waals surface area (Å²) >= 11 is 0. The van der Waals surface area contributed by atoms with Crippen LogP contribution in [-0.4, -0.2) is 40.0 Å². The molecule has 2 aromatic carbocycles. The third-order valence-corrected chi connectivity index (χ3v) is 4.76. The van der Waals surface area contributed by atoms with Gasteiger partial charge < -0.3 is 20.3 Å². The van der Waals surface area contributed by atoms with Crippen LogP contribution in [0.3, 0.4) is 0 Å². The van der Waals surface area contributed by atoms with Crippen molar-refractivity contribution < 1.29 is 19.1 Å². The maximum atomic E-state index is 8.98. The molecular weight excluding hydrogens is 382 g/mol. The number of nitrogens with zero attached hydrogens (tertiary/aromatic N) is 4. The molecule has 2 heterocycles. The van der Waals surface area contributed by atoms with E-state index in [0.29, 0.717) is 18.1 Å². The predicted molar refractivity (Wildman–Crippen MR) is 113 cm³/mol. The molecule has 0 unspecified atom stereocenters.